The number of fused-ring (bicyclic) bond motifs is 1. The summed E-state index contributed by atoms with van der Waals surface area (Å²) in [6.07, 6.45) is 3.35. The van der Waals surface area contributed by atoms with Crippen LogP contribution in [0.3, 0.4) is 0 Å². The van der Waals surface area contributed by atoms with Crippen molar-refractivity contribution in [3.05, 3.63) is 35.2 Å². The van der Waals surface area contributed by atoms with Crippen LogP contribution in [-0.4, -0.2) is 60.5 Å². The molecule has 0 aliphatic carbocycles. The van der Waals surface area contributed by atoms with E-state index in [1.165, 1.54) is 0 Å². The van der Waals surface area contributed by atoms with E-state index in [1.54, 1.807) is 18.4 Å². The number of ether oxygens (including phenoxy) is 1. The van der Waals surface area contributed by atoms with Gasteiger partial charge in [0.2, 0.25) is 5.91 Å². The van der Waals surface area contributed by atoms with Gasteiger partial charge in [0, 0.05) is 42.2 Å². The third-order valence-electron chi connectivity index (χ3n) is 5.71. The van der Waals surface area contributed by atoms with Gasteiger partial charge in [-0.15, -0.1) is 11.3 Å². The van der Waals surface area contributed by atoms with E-state index in [2.05, 4.69) is 0 Å². The smallest absolute Gasteiger partial charge is 0.256 e. The Labute approximate surface area is 157 Å². The predicted octanol–water partition coefficient (Wildman–Crippen LogP) is 3.14. The van der Waals surface area contributed by atoms with E-state index in [1.807, 2.05) is 39.4 Å². The Morgan fingerprint density at radius 2 is 2.00 bits per heavy atom. The Morgan fingerprint density at radius 1 is 1.23 bits per heavy atom. The van der Waals surface area contributed by atoms with Crippen molar-refractivity contribution in [3.8, 4) is 0 Å². The first-order valence-electron chi connectivity index (χ1n) is 9.24. The zero-order valence-corrected chi connectivity index (χ0v) is 15.9. The SMILES string of the molecule is COCCN1CCCC2(CCCN2C(=O)c2csc3ccccc23)C1=O. The molecule has 1 aromatic heterocycles. The highest BCUT2D eigenvalue weighted by molar-refractivity contribution is 7.17. The number of amides is 2. The standard InChI is InChI=1S/C20H24N2O3S/c1-25-13-12-21-10-4-8-20(19(21)24)9-5-11-22(20)18(23)16-14-26-17-7-3-2-6-15(16)17/h2-3,6-7,14H,4-5,8-13H2,1H3. The summed E-state index contributed by atoms with van der Waals surface area (Å²) in [5, 5.41) is 2.93. The minimum Gasteiger partial charge on any atom is -0.383 e. The van der Waals surface area contributed by atoms with Crippen LogP contribution in [0, 0.1) is 0 Å². The normalized spacial score (nSPS) is 23.3. The fourth-order valence-corrected chi connectivity index (χ4v) is 5.36. The molecular formula is C20H24N2O3S. The number of benzene rings is 1. The minimum atomic E-state index is -0.661. The number of thiophene rings is 1. The van der Waals surface area contributed by atoms with Crippen LogP contribution in [0.25, 0.3) is 10.1 Å². The molecule has 4 rings (SSSR count). The van der Waals surface area contributed by atoms with Gasteiger partial charge in [0.15, 0.2) is 0 Å². The molecule has 1 spiro atoms. The number of methoxy groups -OCH3 is 1. The first kappa shape index (κ1) is 17.5. The number of carbonyl (C=O) groups excluding carboxylic acids is 2. The highest BCUT2D eigenvalue weighted by Gasteiger charge is 2.52. The summed E-state index contributed by atoms with van der Waals surface area (Å²) in [6, 6.07) is 7.98. The van der Waals surface area contributed by atoms with E-state index in [-0.39, 0.29) is 11.8 Å². The Morgan fingerprint density at radius 3 is 2.81 bits per heavy atom. The number of likely N-dealkylation sites (tertiary alicyclic amines) is 2. The van der Waals surface area contributed by atoms with Gasteiger partial charge in [-0.1, -0.05) is 18.2 Å². The molecule has 1 unspecified atom stereocenters. The zero-order chi connectivity index (χ0) is 18.1. The van der Waals surface area contributed by atoms with Crippen LogP contribution in [0.2, 0.25) is 0 Å². The third-order valence-corrected chi connectivity index (χ3v) is 6.68. The second-order valence-corrected chi connectivity index (χ2v) is 8.04. The van der Waals surface area contributed by atoms with Crippen molar-refractivity contribution in [2.45, 2.75) is 31.2 Å². The molecule has 5 nitrogen and oxygen atoms in total. The third kappa shape index (κ3) is 2.72. The lowest BCUT2D eigenvalue weighted by molar-refractivity contribution is -0.146. The first-order valence-corrected chi connectivity index (χ1v) is 10.1. The summed E-state index contributed by atoms with van der Waals surface area (Å²) in [7, 11) is 1.65. The Balaban J connectivity index is 1.65. The Kier molecular flexibility index (Phi) is 4.71. The molecule has 1 aromatic carbocycles. The van der Waals surface area contributed by atoms with E-state index < -0.39 is 5.54 Å². The van der Waals surface area contributed by atoms with Crippen molar-refractivity contribution in [1.82, 2.24) is 9.80 Å². The van der Waals surface area contributed by atoms with Gasteiger partial charge in [0.1, 0.15) is 5.54 Å². The van der Waals surface area contributed by atoms with Crippen LogP contribution < -0.4 is 0 Å². The fourth-order valence-electron chi connectivity index (χ4n) is 4.43. The van der Waals surface area contributed by atoms with Gasteiger partial charge in [-0.25, -0.2) is 0 Å². The number of hydrogen-bond acceptors (Lipinski definition) is 4. The van der Waals surface area contributed by atoms with Crippen molar-refractivity contribution in [3.63, 3.8) is 0 Å². The van der Waals surface area contributed by atoms with Gasteiger partial charge >= 0.3 is 0 Å². The van der Waals surface area contributed by atoms with Crippen LogP contribution in [0.1, 0.15) is 36.0 Å². The molecule has 2 fully saturated rings. The van der Waals surface area contributed by atoms with Gasteiger partial charge in [0.05, 0.1) is 12.2 Å². The topological polar surface area (TPSA) is 49.9 Å². The molecule has 2 aliphatic heterocycles. The summed E-state index contributed by atoms with van der Waals surface area (Å²) >= 11 is 1.59. The molecule has 0 radical (unpaired) electrons. The maximum atomic E-state index is 13.4. The molecule has 0 saturated carbocycles. The van der Waals surface area contributed by atoms with Crippen LogP contribution in [0.5, 0.6) is 0 Å². The molecule has 0 N–H and O–H groups in total. The molecule has 2 aromatic rings. The first-order chi connectivity index (χ1) is 12.7. The second-order valence-electron chi connectivity index (χ2n) is 7.13. The van der Waals surface area contributed by atoms with Crippen LogP contribution >= 0.6 is 11.3 Å². The van der Waals surface area contributed by atoms with Gasteiger partial charge in [-0.05, 0) is 31.7 Å². The molecule has 2 aliphatic rings. The summed E-state index contributed by atoms with van der Waals surface area (Å²) in [5.74, 6) is 0.105. The Hall–Kier alpha value is -1.92. The molecule has 6 heteroatoms. The highest BCUT2D eigenvalue weighted by Crippen LogP contribution is 2.40. The molecule has 1 atom stereocenters. The largest absolute Gasteiger partial charge is 0.383 e. The minimum absolute atomic E-state index is 0.00175. The van der Waals surface area contributed by atoms with Gasteiger partial charge in [-0.3, -0.25) is 9.59 Å². The van der Waals surface area contributed by atoms with Crippen molar-refractivity contribution < 1.29 is 14.3 Å². The molecule has 0 bridgehead atoms. The van der Waals surface area contributed by atoms with Crippen LogP contribution in [0.15, 0.2) is 29.6 Å². The summed E-state index contributed by atoms with van der Waals surface area (Å²) in [4.78, 5) is 30.4. The molecule has 3 heterocycles. The summed E-state index contributed by atoms with van der Waals surface area (Å²) in [5.41, 5.74) is 0.0697. The molecule has 26 heavy (non-hydrogen) atoms. The predicted molar refractivity (Wildman–Crippen MR) is 103 cm³/mol. The fraction of sp³-hybridized carbons (Fsp3) is 0.500. The van der Waals surface area contributed by atoms with Crippen molar-refractivity contribution in [1.29, 1.82) is 0 Å². The van der Waals surface area contributed by atoms with E-state index in [0.29, 0.717) is 19.7 Å². The monoisotopic (exact) mass is 372 g/mol. The van der Waals surface area contributed by atoms with E-state index >= 15 is 0 Å². The zero-order valence-electron chi connectivity index (χ0n) is 15.1. The second kappa shape index (κ2) is 7.00. The summed E-state index contributed by atoms with van der Waals surface area (Å²) in [6.45, 7) is 2.55. The van der Waals surface area contributed by atoms with Gasteiger partial charge in [0.25, 0.3) is 5.91 Å². The van der Waals surface area contributed by atoms with Gasteiger partial charge < -0.3 is 14.5 Å². The number of piperidine rings is 1. The van der Waals surface area contributed by atoms with E-state index in [0.717, 1.165) is 47.9 Å². The Bertz CT molecular complexity index is 833. The molecule has 2 saturated heterocycles. The van der Waals surface area contributed by atoms with Crippen molar-refractivity contribution >= 4 is 33.2 Å². The number of rotatable bonds is 4. The maximum Gasteiger partial charge on any atom is 0.256 e. The lowest BCUT2D eigenvalue weighted by Crippen LogP contribution is -2.61. The highest BCUT2D eigenvalue weighted by atomic mass is 32.1. The summed E-state index contributed by atoms with van der Waals surface area (Å²) < 4.78 is 6.26. The van der Waals surface area contributed by atoms with Crippen LogP contribution in [0.4, 0.5) is 0 Å². The van der Waals surface area contributed by atoms with E-state index in [9.17, 15) is 9.59 Å². The van der Waals surface area contributed by atoms with Crippen molar-refractivity contribution in [2.75, 3.05) is 33.4 Å². The van der Waals surface area contributed by atoms with E-state index in [4.69, 9.17) is 4.74 Å². The average Bonchev–Trinajstić information content (AvgIpc) is 3.27. The molecule has 2 amide bonds. The molecular weight excluding hydrogens is 348 g/mol. The number of nitrogens with zero attached hydrogens (tertiary/aromatic N) is 2. The lowest BCUT2D eigenvalue weighted by atomic mass is 9.85. The average molecular weight is 372 g/mol. The quantitative estimate of drug-likeness (QED) is 0.828. The number of carbonyl (C=O) groups is 2. The van der Waals surface area contributed by atoms with Crippen LogP contribution in [-0.2, 0) is 9.53 Å². The van der Waals surface area contributed by atoms with Gasteiger partial charge in [-0.2, -0.15) is 0 Å². The maximum absolute atomic E-state index is 13.4. The lowest BCUT2D eigenvalue weighted by Gasteiger charge is -2.44. The number of hydrogen-bond donors (Lipinski definition) is 0. The van der Waals surface area contributed by atoms with Crippen molar-refractivity contribution in [2.24, 2.45) is 0 Å². The molecule has 138 valence electrons.